The lowest BCUT2D eigenvalue weighted by atomic mass is 10.1. The van der Waals surface area contributed by atoms with E-state index in [1.807, 2.05) is 81.7 Å². The zero-order chi connectivity index (χ0) is 30.2. The molecule has 1 fully saturated rings. The molecule has 1 aliphatic rings. The Labute approximate surface area is 244 Å². The number of benzene rings is 1. The summed E-state index contributed by atoms with van der Waals surface area (Å²) in [5.41, 5.74) is 0.693. The summed E-state index contributed by atoms with van der Waals surface area (Å²) in [6.45, 7) is 11.0. The van der Waals surface area contributed by atoms with Crippen LogP contribution in [0.25, 0.3) is 21.9 Å². The fourth-order valence-electron chi connectivity index (χ4n) is 5.56. The Morgan fingerprint density at radius 3 is 2.67 bits per heavy atom. The maximum absolute atomic E-state index is 14.1. The minimum absolute atomic E-state index is 0.0410. The molecule has 42 heavy (non-hydrogen) atoms. The zero-order valence-corrected chi connectivity index (χ0v) is 25.2. The molecule has 4 aromatic rings. The highest BCUT2D eigenvalue weighted by molar-refractivity contribution is 5.85. The molecule has 1 saturated heterocycles. The number of amides is 1. The molecule has 1 aliphatic heterocycles. The van der Waals surface area contributed by atoms with Crippen LogP contribution < -0.4 is 21.5 Å². The van der Waals surface area contributed by atoms with Crippen molar-refractivity contribution in [2.24, 2.45) is 7.05 Å². The molecule has 1 amide bonds. The number of carbonyl (C=O) groups excluding carboxylic acids is 1. The van der Waals surface area contributed by atoms with E-state index in [1.54, 1.807) is 7.05 Å². The van der Waals surface area contributed by atoms with Crippen molar-refractivity contribution in [1.82, 2.24) is 29.0 Å². The Kier molecular flexibility index (Phi) is 7.94. The number of aryl methyl sites for hydroxylation is 2. The first-order valence-electron chi connectivity index (χ1n) is 14.4. The lowest BCUT2D eigenvalue weighted by molar-refractivity contribution is 0.0499. The number of rotatable bonds is 6. The van der Waals surface area contributed by atoms with Crippen molar-refractivity contribution in [2.75, 3.05) is 18.0 Å². The molecule has 4 heterocycles. The maximum Gasteiger partial charge on any atom is 0.407 e. The van der Waals surface area contributed by atoms with Crippen molar-refractivity contribution in [1.29, 1.82) is 0 Å². The predicted molar refractivity (Wildman–Crippen MR) is 164 cm³/mol. The number of nitrogens with zero attached hydrogens (tertiary/aromatic N) is 6. The lowest BCUT2D eigenvalue weighted by Gasteiger charge is -2.34. The topological polar surface area (TPSA) is 116 Å². The van der Waals surface area contributed by atoms with E-state index in [9.17, 15) is 14.4 Å². The summed E-state index contributed by atoms with van der Waals surface area (Å²) in [7, 11) is 1.64. The first-order valence-corrected chi connectivity index (χ1v) is 14.4. The molecule has 1 aromatic carbocycles. The highest BCUT2D eigenvalue weighted by atomic mass is 16.6. The van der Waals surface area contributed by atoms with Crippen molar-refractivity contribution >= 4 is 34.0 Å². The van der Waals surface area contributed by atoms with Crippen LogP contribution in [0, 0.1) is 6.92 Å². The van der Waals surface area contributed by atoms with Gasteiger partial charge in [0.2, 0.25) is 5.95 Å². The van der Waals surface area contributed by atoms with Gasteiger partial charge in [-0.25, -0.2) is 9.59 Å². The molecule has 11 nitrogen and oxygen atoms in total. The van der Waals surface area contributed by atoms with Crippen LogP contribution in [0.4, 0.5) is 10.7 Å². The van der Waals surface area contributed by atoms with Gasteiger partial charge in [0.1, 0.15) is 5.60 Å². The number of hydrogen-bond donors (Lipinski definition) is 1. The van der Waals surface area contributed by atoms with Gasteiger partial charge in [-0.2, -0.15) is 4.98 Å². The second kappa shape index (κ2) is 11.5. The van der Waals surface area contributed by atoms with Crippen LogP contribution in [0.2, 0.25) is 0 Å². The number of nitrogens with one attached hydrogen (secondary N) is 1. The number of carbonyl (C=O) groups is 1. The van der Waals surface area contributed by atoms with E-state index in [0.717, 1.165) is 29.3 Å². The molecule has 1 N–H and O–H groups in total. The van der Waals surface area contributed by atoms with Gasteiger partial charge in [0, 0.05) is 43.8 Å². The quantitative estimate of drug-likeness (QED) is 0.348. The van der Waals surface area contributed by atoms with Crippen LogP contribution in [-0.2, 0) is 24.9 Å². The number of ether oxygens (including phenoxy) is 1. The largest absolute Gasteiger partial charge is 0.444 e. The van der Waals surface area contributed by atoms with E-state index >= 15 is 0 Å². The molecule has 5 rings (SSSR count). The fraction of sp³-hybridized carbons (Fsp3) is 0.452. The molecule has 1 atom stereocenters. The number of piperidine rings is 1. The molecule has 222 valence electrons. The third-order valence-corrected chi connectivity index (χ3v) is 7.42. The van der Waals surface area contributed by atoms with Gasteiger partial charge in [0.15, 0.2) is 11.2 Å². The minimum atomic E-state index is -0.593. The smallest absolute Gasteiger partial charge is 0.407 e. The standard InChI is InChI=1S/C31H39N7O4/c1-7-8-16-37-25-26(34-28(37)36-15-11-13-22(18-36)33-29(40)42-31(3,4)5)35(6)30(41)38(27(25)39)19-24-23-14-10-9-12-21(23)17-20(2)32-24/h7-10,12,14,17,22H,11,13,15-16,18-19H2,1-6H3,(H,33,40)/t22-/m0/s1. The van der Waals surface area contributed by atoms with Gasteiger partial charge in [-0.15, -0.1) is 0 Å². The molecule has 0 spiro atoms. The third-order valence-electron chi connectivity index (χ3n) is 7.42. The number of fused-ring (bicyclic) bond motifs is 2. The number of anilines is 1. The Balaban J connectivity index is 1.57. The predicted octanol–water partition coefficient (Wildman–Crippen LogP) is 3.87. The van der Waals surface area contributed by atoms with Crippen LogP contribution in [-0.4, -0.2) is 54.5 Å². The number of alkyl carbamates (subject to hydrolysis) is 1. The average Bonchev–Trinajstić information content (AvgIpc) is 3.31. The highest BCUT2D eigenvalue weighted by Crippen LogP contribution is 2.24. The number of aromatic nitrogens is 5. The summed E-state index contributed by atoms with van der Waals surface area (Å²) in [6.07, 6.45) is 5.03. The summed E-state index contributed by atoms with van der Waals surface area (Å²) >= 11 is 0. The van der Waals surface area contributed by atoms with E-state index in [2.05, 4.69) is 10.2 Å². The molecule has 0 aliphatic carbocycles. The van der Waals surface area contributed by atoms with Gasteiger partial charge in [-0.05, 0) is 58.9 Å². The molecule has 0 unspecified atom stereocenters. The molecule has 0 radical (unpaired) electrons. The first-order chi connectivity index (χ1) is 20.0. The second-order valence-corrected chi connectivity index (χ2v) is 11.9. The van der Waals surface area contributed by atoms with Crippen LogP contribution in [0.5, 0.6) is 0 Å². The molecule has 11 heteroatoms. The van der Waals surface area contributed by atoms with Gasteiger partial charge in [-0.1, -0.05) is 36.4 Å². The fourth-order valence-corrected chi connectivity index (χ4v) is 5.56. The molecular formula is C31H39N7O4. The maximum atomic E-state index is 14.1. The number of imidazole rings is 1. The van der Waals surface area contributed by atoms with E-state index in [0.29, 0.717) is 42.4 Å². The summed E-state index contributed by atoms with van der Waals surface area (Å²) < 4.78 is 10.0. The Hall–Kier alpha value is -4.41. The van der Waals surface area contributed by atoms with Crippen molar-refractivity contribution in [2.45, 2.75) is 72.2 Å². The van der Waals surface area contributed by atoms with Gasteiger partial charge in [0.25, 0.3) is 5.56 Å². The molecule has 0 saturated carbocycles. The van der Waals surface area contributed by atoms with E-state index in [-0.39, 0.29) is 12.6 Å². The van der Waals surface area contributed by atoms with Crippen molar-refractivity contribution in [3.63, 3.8) is 0 Å². The Morgan fingerprint density at radius 2 is 1.93 bits per heavy atom. The first kappa shape index (κ1) is 29.1. The van der Waals surface area contributed by atoms with E-state index in [1.165, 1.54) is 9.13 Å². The molecule has 0 bridgehead atoms. The van der Waals surface area contributed by atoms with Crippen molar-refractivity contribution < 1.29 is 9.53 Å². The number of allylic oxidation sites excluding steroid dienone is 2. The van der Waals surface area contributed by atoms with E-state index in [4.69, 9.17) is 14.7 Å². The van der Waals surface area contributed by atoms with Crippen LogP contribution in [0.15, 0.2) is 52.1 Å². The summed E-state index contributed by atoms with van der Waals surface area (Å²) in [5.74, 6) is 0.586. The zero-order valence-electron chi connectivity index (χ0n) is 25.2. The molecule has 3 aromatic heterocycles. The van der Waals surface area contributed by atoms with Crippen LogP contribution in [0.1, 0.15) is 51.9 Å². The summed E-state index contributed by atoms with van der Waals surface area (Å²) in [6, 6.07) is 9.68. The molecular weight excluding hydrogens is 534 g/mol. The third kappa shape index (κ3) is 5.81. The average molecular weight is 574 g/mol. The van der Waals surface area contributed by atoms with Crippen LogP contribution in [0.3, 0.4) is 0 Å². The van der Waals surface area contributed by atoms with E-state index < -0.39 is 22.9 Å². The van der Waals surface area contributed by atoms with Gasteiger partial charge >= 0.3 is 11.8 Å². The van der Waals surface area contributed by atoms with Gasteiger partial charge in [0.05, 0.1) is 12.2 Å². The number of hydrogen-bond acceptors (Lipinski definition) is 7. The monoisotopic (exact) mass is 573 g/mol. The second-order valence-electron chi connectivity index (χ2n) is 11.9. The SMILES string of the molecule is CC=CCn1c(N2CCC[C@H](NC(=O)OC(C)(C)C)C2)nc2c1c(=O)n(Cc1nc(C)cc3ccccc13)c(=O)n2C. The summed E-state index contributed by atoms with van der Waals surface area (Å²) in [5, 5.41) is 4.88. The Bertz CT molecular complexity index is 1790. The van der Waals surface area contributed by atoms with Gasteiger partial charge < -0.3 is 19.5 Å². The summed E-state index contributed by atoms with van der Waals surface area (Å²) in [4.78, 5) is 51.8. The highest BCUT2D eigenvalue weighted by Gasteiger charge is 2.29. The van der Waals surface area contributed by atoms with Gasteiger partial charge in [-0.3, -0.25) is 18.9 Å². The number of pyridine rings is 1. The lowest BCUT2D eigenvalue weighted by Crippen LogP contribution is -2.49. The van der Waals surface area contributed by atoms with Crippen LogP contribution >= 0.6 is 0 Å². The normalized spacial score (nSPS) is 16.0. The van der Waals surface area contributed by atoms with Crippen molar-refractivity contribution in [3.8, 4) is 0 Å². The minimum Gasteiger partial charge on any atom is -0.444 e. The Morgan fingerprint density at radius 1 is 1.17 bits per heavy atom. The van der Waals surface area contributed by atoms with Crippen molar-refractivity contribution in [3.05, 3.63) is 74.7 Å².